The van der Waals surface area contributed by atoms with Gasteiger partial charge in [0, 0.05) is 46.3 Å². The second-order valence-corrected chi connectivity index (χ2v) is 6.88. The summed E-state index contributed by atoms with van der Waals surface area (Å²) in [6.07, 6.45) is 7.21. The first-order valence-corrected chi connectivity index (χ1v) is 10.2. The fraction of sp³-hybridized carbons (Fsp3) is 0. The molecule has 0 saturated carbocycles. The molecule has 197 valence electrons. The number of hydrogen-bond donors (Lipinski definition) is 0. The van der Waals surface area contributed by atoms with Gasteiger partial charge in [-0.15, -0.1) is 0 Å². The molecule has 6 rings (SSSR count). The van der Waals surface area contributed by atoms with E-state index in [1.165, 1.54) is 0 Å². The molecule has 0 aliphatic heterocycles. The maximum atomic E-state index is 8.25. The van der Waals surface area contributed by atoms with E-state index in [0.717, 1.165) is 43.6 Å². The predicted molar refractivity (Wildman–Crippen MR) is 138 cm³/mol. The average Bonchev–Trinajstić information content (AvgIpc) is 2.88. The summed E-state index contributed by atoms with van der Waals surface area (Å²) < 4.78 is 0. The van der Waals surface area contributed by atoms with Crippen LogP contribution in [0, 0.1) is 30.6 Å². The van der Waals surface area contributed by atoms with E-state index in [-0.39, 0.29) is 22.5 Å². The van der Waals surface area contributed by atoms with Crippen LogP contribution < -0.4 is 0 Å². The number of nitrogens with zero attached hydrogens (tertiary/aromatic N) is 6. The summed E-state index contributed by atoms with van der Waals surface area (Å²) in [5, 5.41) is 34.1. The first-order valence-electron chi connectivity index (χ1n) is 10.2. The zero-order valence-electron chi connectivity index (χ0n) is 19.2. The van der Waals surface area contributed by atoms with Gasteiger partial charge < -0.3 is 36.1 Å². The van der Waals surface area contributed by atoms with Crippen LogP contribution >= 0.6 is 0 Å². The Morgan fingerprint density at radius 2 is 0.632 bits per heavy atom. The standard InChI is InChI=1S/2C12H8N2.Cu.2NO3.H2O/c2*1-3-9-5-6-10-4-2-8-14-12(10)11(9)13-7-1;;2*2-1(3)4;/h2*1-8H;;;;1H2/q;;+2;2*-1;. The average molecular weight is 566 g/mol. The van der Waals surface area contributed by atoms with Crippen LogP contribution in [0.3, 0.4) is 0 Å². The Labute approximate surface area is 224 Å². The molecule has 1 radical (unpaired) electrons. The van der Waals surface area contributed by atoms with E-state index in [1.807, 2.05) is 24.3 Å². The van der Waals surface area contributed by atoms with Crippen LogP contribution in [0.2, 0.25) is 0 Å². The largest absolute Gasteiger partial charge is 2.00 e. The SMILES string of the molecule is O.O=[N+]([O-])[O-].O=[N+]([O-])[O-].[Cu+2].c1cnc2c(c1)ccc1cccnc12.c1cnc2c(c1)ccc1cccnc12. The topological polar surface area (TPSA) is 215 Å². The summed E-state index contributed by atoms with van der Waals surface area (Å²) in [6.45, 7) is 0. The van der Waals surface area contributed by atoms with E-state index >= 15 is 0 Å². The molecule has 2 N–H and O–H groups in total. The normalized spacial score (nSPS) is 9.26. The van der Waals surface area contributed by atoms with Crippen molar-refractivity contribution in [2.45, 2.75) is 0 Å². The van der Waals surface area contributed by atoms with Crippen molar-refractivity contribution in [2.24, 2.45) is 0 Å². The van der Waals surface area contributed by atoms with Gasteiger partial charge in [0.05, 0.1) is 32.2 Å². The summed E-state index contributed by atoms with van der Waals surface area (Å²) >= 11 is 0. The van der Waals surface area contributed by atoms with Gasteiger partial charge in [-0.05, 0) is 24.3 Å². The first kappa shape index (κ1) is 31.0. The van der Waals surface area contributed by atoms with Crippen molar-refractivity contribution in [3.05, 3.63) is 128 Å². The van der Waals surface area contributed by atoms with Crippen LogP contribution in [-0.4, -0.2) is 35.6 Å². The van der Waals surface area contributed by atoms with Crippen molar-refractivity contribution in [3.63, 3.8) is 0 Å². The molecule has 38 heavy (non-hydrogen) atoms. The second kappa shape index (κ2) is 15.2. The molecule has 14 heteroatoms. The van der Waals surface area contributed by atoms with Crippen molar-refractivity contribution in [1.82, 2.24) is 19.9 Å². The molecule has 0 spiro atoms. The van der Waals surface area contributed by atoms with E-state index in [2.05, 4.69) is 68.5 Å². The molecule has 6 aromatic rings. The minimum Gasteiger partial charge on any atom is -0.412 e. The van der Waals surface area contributed by atoms with E-state index in [0.29, 0.717) is 0 Å². The fourth-order valence-corrected chi connectivity index (χ4v) is 3.36. The first-order chi connectivity index (χ1) is 17.4. The van der Waals surface area contributed by atoms with Crippen molar-refractivity contribution in [1.29, 1.82) is 0 Å². The van der Waals surface area contributed by atoms with E-state index in [4.69, 9.17) is 30.6 Å². The zero-order valence-corrected chi connectivity index (χ0v) is 20.1. The quantitative estimate of drug-likeness (QED) is 0.110. The number of fused-ring (bicyclic) bond motifs is 6. The summed E-state index contributed by atoms with van der Waals surface area (Å²) in [6, 6.07) is 24.3. The van der Waals surface area contributed by atoms with Crippen molar-refractivity contribution < 1.29 is 32.7 Å². The molecule has 0 bridgehead atoms. The molecule has 0 aliphatic carbocycles. The number of benzene rings is 2. The maximum Gasteiger partial charge on any atom is 2.00 e. The molecule has 4 aromatic heterocycles. The van der Waals surface area contributed by atoms with Crippen LogP contribution in [0.1, 0.15) is 0 Å². The molecule has 0 amide bonds. The fourth-order valence-electron chi connectivity index (χ4n) is 3.36. The Morgan fingerprint density at radius 1 is 0.447 bits per heavy atom. The zero-order chi connectivity index (χ0) is 25.9. The summed E-state index contributed by atoms with van der Waals surface area (Å²) in [5.74, 6) is 0. The van der Waals surface area contributed by atoms with Crippen LogP contribution in [0.4, 0.5) is 0 Å². The van der Waals surface area contributed by atoms with Gasteiger partial charge >= 0.3 is 17.1 Å². The molecular weight excluding hydrogens is 548 g/mol. The summed E-state index contributed by atoms with van der Waals surface area (Å²) in [4.78, 5) is 33.9. The maximum absolute atomic E-state index is 8.25. The van der Waals surface area contributed by atoms with Gasteiger partial charge in [0.25, 0.3) is 0 Å². The summed E-state index contributed by atoms with van der Waals surface area (Å²) in [5.41, 5.74) is 3.91. The van der Waals surface area contributed by atoms with Gasteiger partial charge in [-0.3, -0.25) is 19.9 Å². The van der Waals surface area contributed by atoms with E-state index in [1.54, 1.807) is 24.8 Å². The van der Waals surface area contributed by atoms with Crippen molar-refractivity contribution in [2.75, 3.05) is 0 Å². The number of aromatic nitrogens is 4. The Bertz CT molecular complexity index is 1410. The van der Waals surface area contributed by atoms with Gasteiger partial charge in [-0.25, -0.2) is 0 Å². The third-order valence-corrected chi connectivity index (χ3v) is 4.69. The Morgan fingerprint density at radius 3 is 0.816 bits per heavy atom. The van der Waals surface area contributed by atoms with Crippen LogP contribution in [0.15, 0.2) is 97.6 Å². The van der Waals surface area contributed by atoms with Gasteiger partial charge in [0.15, 0.2) is 0 Å². The Kier molecular flexibility index (Phi) is 12.4. The van der Waals surface area contributed by atoms with Gasteiger partial charge in [-0.1, -0.05) is 48.5 Å². The monoisotopic (exact) mass is 565 g/mol. The van der Waals surface area contributed by atoms with Crippen molar-refractivity contribution >= 4 is 43.6 Å². The molecular formula is C24H18CuN6O7. The van der Waals surface area contributed by atoms with E-state index in [9.17, 15) is 0 Å². The van der Waals surface area contributed by atoms with Crippen LogP contribution in [0.5, 0.6) is 0 Å². The Hall–Kier alpha value is -5.04. The van der Waals surface area contributed by atoms with Crippen molar-refractivity contribution in [3.8, 4) is 0 Å². The van der Waals surface area contributed by atoms with Gasteiger partial charge in [-0.2, -0.15) is 0 Å². The molecule has 2 aromatic carbocycles. The third kappa shape index (κ3) is 8.57. The summed E-state index contributed by atoms with van der Waals surface area (Å²) in [7, 11) is 0. The minimum absolute atomic E-state index is 0. The van der Waals surface area contributed by atoms with Crippen LogP contribution in [0.25, 0.3) is 43.6 Å². The number of pyridine rings is 4. The van der Waals surface area contributed by atoms with Gasteiger partial charge in [0.1, 0.15) is 0 Å². The van der Waals surface area contributed by atoms with E-state index < -0.39 is 10.2 Å². The minimum atomic E-state index is -1.75. The van der Waals surface area contributed by atoms with Crippen LogP contribution in [-0.2, 0) is 17.1 Å². The molecule has 0 fully saturated rings. The molecule has 4 heterocycles. The molecule has 13 nitrogen and oxygen atoms in total. The second-order valence-electron chi connectivity index (χ2n) is 6.88. The third-order valence-electron chi connectivity index (χ3n) is 4.69. The predicted octanol–water partition coefficient (Wildman–Crippen LogP) is 4.26. The molecule has 0 saturated heterocycles. The molecule has 0 aliphatic rings. The smallest absolute Gasteiger partial charge is 0.412 e. The Balaban J connectivity index is 0.000000287. The number of hydrogen-bond acceptors (Lipinski definition) is 10. The number of rotatable bonds is 0. The van der Waals surface area contributed by atoms with Gasteiger partial charge in [0.2, 0.25) is 0 Å². The molecule has 0 unspecified atom stereocenters. The molecule has 0 atom stereocenters.